The zero-order chi connectivity index (χ0) is 19.4. The van der Waals surface area contributed by atoms with Crippen LogP contribution in [-0.2, 0) is 6.54 Å². The molecule has 0 atom stereocenters. The van der Waals surface area contributed by atoms with Gasteiger partial charge in [0.1, 0.15) is 5.75 Å². The summed E-state index contributed by atoms with van der Waals surface area (Å²) in [5.41, 5.74) is 1.16. The lowest BCUT2D eigenvalue weighted by atomic mass is 10.1. The number of unbranched alkanes of at least 4 members (excludes halogenated alkanes) is 2. The van der Waals surface area contributed by atoms with E-state index in [1.807, 2.05) is 6.92 Å². The van der Waals surface area contributed by atoms with Gasteiger partial charge in [-0.15, -0.1) is 0 Å². The van der Waals surface area contributed by atoms with Crippen molar-refractivity contribution in [3.8, 4) is 5.75 Å². The Morgan fingerprint density at radius 2 is 1.89 bits per heavy atom. The largest absolute Gasteiger partial charge is 0.506 e. The molecule has 6 heteroatoms. The minimum absolute atomic E-state index is 0.0103. The van der Waals surface area contributed by atoms with E-state index in [-0.39, 0.29) is 17.0 Å². The topological polar surface area (TPSA) is 84.2 Å². The van der Waals surface area contributed by atoms with Crippen molar-refractivity contribution in [2.24, 2.45) is 0 Å². The standard InChI is InChI=1S/C21H23N3O3/c1-3-4-7-12-24-21(27)16-9-6-5-8-15(16)19(23-24)20(26)22-17-11-10-14(2)13-18(17)25/h5-6,8-11,13,25H,3-4,7,12H2,1-2H3,(H,22,26). The maximum atomic E-state index is 12.9. The molecule has 0 aliphatic rings. The normalized spacial score (nSPS) is 10.9. The molecule has 140 valence electrons. The molecule has 0 fully saturated rings. The molecule has 0 bridgehead atoms. The first-order valence-electron chi connectivity index (χ1n) is 9.12. The summed E-state index contributed by atoms with van der Waals surface area (Å²) >= 11 is 0. The molecule has 0 radical (unpaired) electrons. The number of nitrogens with zero attached hydrogens (tertiary/aromatic N) is 2. The average Bonchev–Trinajstić information content (AvgIpc) is 2.66. The fraction of sp³-hybridized carbons (Fsp3) is 0.286. The molecule has 1 heterocycles. The van der Waals surface area contributed by atoms with Gasteiger partial charge in [-0.2, -0.15) is 5.10 Å². The fourth-order valence-electron chi connectivity index (χ4n) is 2.99. The molecule has 0 saturated heterocycles. The minimum atomic E-state index is -0.463. The first-order chi connectivity index (χ1) is 13.0. The summed E-state index contributed by atoms with van der Waals surface area (Å²) in [6, 6.07) is 12.0. The van der Waals surface area contributed by atoms with Crippen molar-refractivity contribution in [1.82, 2.24) is 9.78 Å². The van der Waals surface area contributed by atoms with E-state index in [1.165, 1.54) is 4.68 Å². The van der Waals surface area contributed by atoms with Gasteiger partial charge in [0.05, 0.1) is 11.1 Å². The predicted octanol–water partition coefficient (Wildman–Crippen LogP) is 3.85. The zero-order valence-corrected chi connectivity index (χ0v) is 15.5. The van der Waals surface area contributed by atoms with E-state index in [9.17, 15) is 14.7 Å². The summed E-state index contributed by atoms with van der Waals surface area (Å²) < 4.78 is 1.36. The maximum Gasteiger partial charge on any atom is 0.276 e. The second-order valence-electron chi connectivity index (χ2n) is 6.60. The number of nitrogens with one attached hydrogen (secondary N) is 1. The summed E-state index contributed by atoms with van der Waals surface area (Å²) in [6.07, 6.45) is 2.84. The molecule has 3 aromatic rings. The van der Waals surface area contributed by atoms with Crippen LogP contribution in [0.1, 0.15) is 42.2 Å². The molecule has 27 heavy (non-hydrogen) atoms. The van der Waals surface area contributed by atoms with Crippen molar-refractivity contribution >= 4 is 22.4 Å². The number of hydrogen-bond acceptors (Lipinski definition) is 4. The number of phenols is 1. The summed E-state index contributed by atoms with van der Waals surface area (Å²) in [5, 5.41) is 18.0. The quantitative estimate of drug-likeness (QED) is 0.513. The lowest BCUT2D eigenvalue weighted by Gasteiger charge is -2.12. The van der Waals surface area contributed by atoms with Gasteiger partial charge in [0.25, 0.3) is 11.5 Å². The number of anilines is 1. The SMILES string of the molecule is CCCCCn1nc(C(=O)Nc2ccc(C)cc2O)c2ccccc2c1=O. The number of carbonyl (C=O) groups is 1. The van der Waals surface area contributed by atoms with Crippen molar-refractivity contribution in [3.05, 3.63) is 64.1 Å². The highest BCUT2D eigenvalue weighted by Crippen LogP contribution is 2.25. The van der Waals surface area contributed by atoms with Gasteiger partial charge in [-0.1, -0.05) is 44.0 Å². The Hall–Kier alpha value is -3.15. The van der Waals surface area contributed by atoms with E-state index in [4.69, 9.17) is 0 Å². The van der Waals surface area contributed by atoms with Gasteiger partial charge in [-0.05, 0) is 37.1 Å². The molecule has 3 rings (SSSR count). The Balaban J connectivity index is 2.02. The summed E-state index contributed by atoms with van der Waals surface area (Å²) in [7, 11) is 0. The molecular weight excluding hydrogens is 342 g/mol. The first kappa shape index (κ1) is 18.6. The Morgan fingerprint density at radius 1 is 1.15 bits per heavy atom. The van der Waals surface area contributed by atoms with Gasteiger partial charge in [0, 0.05) is 11.9 Å². The number of benzene rings is 2. The van der Waals surface area contributed by atoms with Crippen molar-refractivity contribution in [3.63, 3.8) is 0 Å². The van der Waals surface area contributed by atoms with Crippen LogP contribution in [0.15, 0.2) is 47.3 Å². The monoisotopic (exact) mass is 365 g/mol. The van der Waals surface area contributed by atoms with Crippen molar-refractivity contribution in [2.45, 2.75) is 39.7 Å². The van der Waals surface area contributed by atoms with E-state index in [0.717, 1.165) is 24.8 Å². The van der Waals surface area contributed by atoms with Crippen LogP contribution in [0, 0.1) is 6.92 Å². The van der Waals surface area contributed by atoms with Gasteiger partial charge in [0.15, 0.2) is 5.69 Å². The Bertz CT molecular complexity index is 1040. The van der Waals surface area contributed by atoms with Crippen LogP contribution in [0.4, 0.5) is 5.69 Å². The van der Waals surface area contributed by atoms with Crippen LogP contribution in [0.2, 0.25) is 0 Å². The second-order valence-corrected chi connectivity index (χ2v) is 6.60. The van der Waals surface area contributed by atoms with Crippen LogP contribution in [0.25, 0.3) is 10.8 Å². The van der Waals surface area contributed by atoms with E-state index >= 15 is 0 Å². The third-order valence-electron chi connectivity index (χ3n) is 4.46. The number of amides is 1. The molecule has 0 unspecified atom stereocenters. The maximum absolute atomic E-state index is 12.9. The zero-order valence-electron chi connectivity index (χ0n) is 15.5. The van der Waals surface area contributed by atoms with Crippen molar-refractivity contribution < 1.29 is 9.90 Å². The predicted molar refractivity (Wildman–Crippen MR) is 106 cm³/mol. The molecule has 2 aromatic carbocycles. The molecule has 0 saturated carbocycles. The summed E-state index contributed by atoms with van der Waals surface area (Å²) in [5.74, 6) is -0.474. The lowest BCUT2D eigenvalue weighted by molar-refractivity contribution is 0.102. The minimum Gasteiger partial charge on any atom is -0.506 e. The molecule has 2 N–H and O–H groups in total. The highest BCUT2D eigenvalue weighted by atomic mass is 16.3. The third kappa shape index (κ3) is 4.00. The number of rotatable bonds is 6. The summed E-state index contributed by atoms with van der Waals surface area (Å²) in [6.45, 7) is 4.41. The van der Waals surface area contributed by atoms with Crippen LogP contribution in [0.5, 0.6) is 5.75 Å². The van der Waals surface area contributed by atoms with Crippen molar-refractivity contribution in [1.29, 1.82) is 0 Å². The number of aryl methyl sites for hydroxylation is 2. The molecule has 0 aliphatic carbocycles. The Kier molecular flexibility index (Phi) is 5.54. The Morgan fingerprint density at radius 3 is 2.59 bits per heavy atom. The molecule has 0 spiro atoms. The summed E-state index contributed by atoms with van der Waals surface area (Å²) in [4.78, 5) is 25.5. The van der Waals surface area contributed by atoms with E-state index in [1.54, 1.807) is 42.5 Å². The van der Waals surface area contributed by atoms with Gasteiger partial charge in [0.2, 0.25) is 0 Å². The van der Waals surface area contributed by atoms with Gasteiger partial charge >= 0.3 is 0 Å². The lowest BCUT2D eigenvalue weighted by Crippen LogP contribution is -2.27. The Labute approximate surface area is 157 Å². The molecule has 0 aliphatic heterocycles. The van der Waals surface area contributed by atoms with Crippen LogP contribution < -0.4 is 10.9 Å². The first-order valence-corrected chi connectivity index (χ1v) is 9.12. The van der Waals surface area contributed by atoms with E-state index in [0.29, 0.717) is 23.0 Å². The molecule has 1 aromatic heterocycles. The number of aromatic hydroxyl groups is 1. The number of hydrogen-bond donors (Lipinski definition) is 2. The number of carbonyl (C=O) groups excluding carboxylic acids is 1. The van der Waals surface area contributed by atoms with E-state index in [2.05, 4.69) is 17.3 Å². The second kappa shape index (κ2) is 8.03. The smallest absolute Gasteiger partial charge is 0.276 e. The fourth-order valence-corrected chi connectivity index (χ4v) is 2.99. The molecule has 6 nitrogen and oxygen atoms in total. The average molecular weight is 365 g/mol. The van der Waals surface area contributed by atoms with Crippen LogP contribution >= 0.6 is 0 Å². The highest BCUT2D eigenvalue weighted by molar-refractivity contribution is 6.11. The van der Waals surface area contributed by atoms with E-state index < -0.39 is 5.91 Å². The molecular formula is C21H23N3O3. The number of phenolic OH excluding ortho intramolecular Hbond substituents is 1. The third-order valence-corrected chi connectivity index (χ3v) is 4.46. The van der Waals surface area contributed by atoms with Crippen molar-refractivity contribution in [2.75, 3.05) is 5.32 Å². The van der Waals surface area contributed by atoms with Gasteiger partial charge in [-0.25, -0.2) is 4.68 Å². The van der Waals surface area contributed by atoms with Gasteiger partial charge < -0.3 is 10.4 Å². The van der Waals surface area contributed by atoms with Gasteiger partial charge in [-0.3, -0.25) is 9.59 Å². The van der Waals surface area contributed by atoms with Crippen LogP contribution in [0.3, 0.4) is 0 Å². The number of fused-ring (bicyclic) bond motifs is 1. The van der Waals surface area contributed by atoms with Crippen LogP contribution in [-0.4, -0.2) is 20.8 Å². The highest BCUT2D eigenvalue weighted by Gasteiger charge is 2.17. The number of aromatic nitrogens is 2. The molecule has 1 amide bonds.